The van der Waals surface area contributed by atoms with Gasteiger partial charge in [0.15, 0.2) is 0 Å². The summed E-state index contributed by atoms with van der Waals surface area (Å²) in [7, 11) is -3.95. The van der Waals surface area contributed by atoms with Gasteiger partial charge in [0.2, 0.25) is 5.91 Å². The fraction of sp³-hybridized carbons (Fsp3) is 0.963. The smallest absolute Gasteiger partial charge is 0.264 e. The fourth-order valence-electron chi connectivity index (χ4n) is 9.40. The third kappa shape index (κ3) is 5.17. The Kier molecular flexibility index (Phi) is 7.56. The molecule has 5 nitrogen and oxygen atoms in total. The van der Waals surface area contributed by atoms with Crippen molar-refractivity contribution in [3.05, 3.63) is 0 Å². The topological polar surface area (TPSA) is 83.5 Å². The van der Waals surface area contributed by atoms with E-state index < -0.39 is 10.1 Å². The molecule has 8 atom stereocenters. The second kappa shape index (κ2) is 9.79. The summed E-state index contributed by atoms with van der Waals surface area (Å²) in [5, 5.41) is 2.82. The van der Waals surface area contributed by atoms with Crippen LogP contribution >= 0.6 is 0 Å². The molecule has 4 saturated carbocycles. The number of fused-ring (bicyclic) bond motifs is 5. The lowest BCUT2D eigenvalue weighted by molar-refractivity contribution is -0.122. The van der Waals surface area contributed by atoms with E-state index in [9.17, 15) is 13.2 Å². The molecule has 0 radical (unpaired) electrons. The van der Waals surface area contributed by atoms with Gasteiger partial charge in [-0.1, -0.05) is 33.6 Å². The molecule has 0 saturated heterocycles. The Morgan fingerprint density at radius 2 is 1.76 bits per heavy atom. The zero-order valence-corrected chi connectivity index (χ0v) is 22.0. The molecule has 4 unspecified atom stereocenters. The van der Waals surface area contributed by atoms with E-state index >= 15 is 0 Å². The van der Waals surface area contributed by atoms with Crippen LogP contribution in [0.5, 0.6) is 0 Å². The highest BCUT2D eigenvalue weighted by Crippen LogP contribution is 2.68. The minimum absolute atomic E-state index is 0.00383. The lowest BCUT2D eigenvalue weighted by atomic mass is 9.44. The maximum Gasteiger partial charge on any atom is 0.264 e. The van der Waals surface area contributed by atoms with E-state index in [1.165, 1.54) is 64.2 Å². The van der Waals surface area contributed by atoms with E-state index in [1.807, 2.05) is 0 Å². The first-order valence-corrected chi connectivity index (χ1v) is 15.4. The lowest BCUT2D eigenvalue weighted by Crippen LogP contribution is -2.53. The van der Waals surface area contributed by atoms with E-state index in [0.29, 0.717) is 35.6 Å². The van der Waals surface area contributed by atoms with Crippen molar-refractivity contribution in [3.8, 4) is 0 Å². The summed E-state index contributed by atoms with van der Waals surface area (Å²) in [6.45, 7) is 7.90. The second-order valence-corrected chi connectivity index (χ2v) is 14.2. The predicted molar refractivity (Wildman–Crippen MR) is 132 cm³/mol. The molecule has 0 spiro atoms. The molecule has 0 aliphatic heterocycles. The van der Waals surface area contributed by atoms with Crippen molar-refractivity contribution >= 4 is 16.0 Å². The predicted octanol–water partition coefficient (Wildman–Crippen LogP) is 5.85. The highest BCUT2D eigenvalue weighted by Gasteiger charge is 2.60. The summed E-state index contributed by atoms with van der Waals surface area (Å²) >= 11 is 0. The summed E-state index contributed by atoms with van der Waals surface area (Å²) in [5.41, 5.74) is 1.03. The van der Waals surface area contributed by atoms with Crippen LogP contribution in [0.1, 0.15) is 104 Å². The molecule has 4 aliphatic rings. The van der Waals surface area contributed by atoms with Gasteiger partial charge in [0.05, 0.1) is 5.75 Å². The Balaban J connectivity index is 1.31. The van der Waals surface area contributed by atoms with Gasteiger partial charge in [-0.15, -0.1) is 0 Å². The largest absolute Gasteiger partial charge is 0.356 e. The van der Waals surface area contributed by atoms with E-state index in [0.717, 1.165) is 30.1 Å². The van der Waals surface area contributed by atoms with Gasteiger partial charge >= 0.3 is 0 Å². The second-order valence-electron chi connectivity index (χ2n) is 12.6. The van der Waals surface area contributed by atoms with Crippen molar-refractivity contribution in [1.82, 2.24) is 5.32 Å². The average Bonchev–Trinajstić information content (AvgIpc) is 3.11. The van der Waals surface area contributed by atoms with Crippen LogP contribution in [0.25, 0.3) is 0 Å². The van der Waals surface area contributed by atoms with E-state index in [4.69, 9.17) is 4.55 Å². The van der Waals surface area contributed by atoms with Crippen molar-refractivity contribution in [3.63, 3.8) is 0 Å². The van der Waals surface area contributed by atoms with Crippen molar-refractivity contribution in [2.24, 2.45) is 46.3 Å². The highest BCUT2D eigenvalue weighted by atomic mass is 32.2. The SMILES string of the molecule is C[C@H](CCC(=O)NCCCS(=O)(=O)O)[C@H]1CCC2C3CCC4CCCC[C@]4(C)C3CC[C@@]21C. The maximum atomic E-state index is 12.3. The molecular weight excluding hydrogens is 434 g/mol. The molecule has 190 valence electrons. The molecule has 0 aromatic carbocycles. The Morgan fingerprint density at radius 1 is 1.00 bits per heavy atom. The molecule has 0 aromatic rings. The lowest BCUT2D eigenvalue weighted by Gasteiger charge is -2.61. The van der Waals surface area contributed by atoms with Crippen LogP contribution in [0.15, 0.2) is 0 Å². The summed E-state index contributed by atoms with van der Waals surface area (Å²) in [6.07, 6.45) is 15.9. The summed E-state index contributed by atoms with van der Waals surface area (Å²) in [5.74, 6) is 4.68. The number of nitrogens with one attached hydrogen (secondary N) is 1. The molecule has 4 fully saturated rings. The monoisotopic (exact) mass is 481 g/mol. The molecular formula is C27H47NO4S. The van der Waals surface area contributed by atoms with Gasteiger partial charge in [0, 0.05) is 13.0 Å². The number of hydrogen-bond acceptors (Lipinski definition) is 3. The Labute approximate surface area is 202 Å². The number of carbonyl (C=O) groups is 1. The van der Waals surface area contributed by atoms with Crippen LogP contribution in [-0.4, -0.2) is 31.2 Å². The Morgan fingerprint density at radius 3 is 2.52 bits per heavy atom. The van der Waals surface area contributed by atoms with Gasteiger partial charge in [-0.05, 0) is 111 Å². The van der Waals surface area contributed by atoms with Crippen molar-refractivity contribution < 1.29 is 17.8 Å². The minimum atomic E-state index is -3.95. The molecule has 2 N–H and O–H groups in total. The molecule has 4 aliphatic carbocycles. The first-order chi connectivity index (χ1) is 15.5. The molecule has 0 bridgehead atoms. The molecule has 33 heavy (non-hydrogen) atoms. The zero-order valence-electron chi connectivity index (χ0n) is 21.2. The van der Waals surface area contributed by atoms with Crippen LogP contribution in [0, 0.1) is 46.3 Å². The van der Waals surface area contributed by atoms with Crippen LogP contribution in [0.2, 0.25) is 0 Å². The van der Waals surface area contributed by atoms with Crippen molar-refractivity contribution in [2.75, 3.05) is 12.3 Å². The molecule has 0 aromatic heterocycles. The minimum Gasteiger partial charge on any atom is -0.356 e. The number of amides is 1. The third-order valence-corrected chi connectivity index (χ3v) is 11.9. The van der Waals surface area contributed by atoms with Gasteiger partial charge in [-0.25, -0.2) is 0 Å². The zero-order chi connectivity index (χ0) is 23.9. The molecule has 4 rings (SSSR count). The van der Waals surface area contributed by atoms with Crippen LogP contribution in [0.3, 0.4) is 0 Å². The molecule has 6 heteroatoms. The number of hydrogen-bond donors (Lipinski definition) is 2. The van der Waals surface area contributed by atoms with E-state index in [1.54, 1.807) is 0 Å². The van der Waals surface area contributed by atoms with Crippen LogP contribution < -0.4 is 5.32 Å². The summed E-state index contributed by atoms with van der Waals surface area (Å²) in [4.78, 5) is 12.3. The molecule has 0 heterocycles. The quantitative estimate of drug-likeness (QED) is 0.337. The average molecular weight is 482 g/mol. The van der Waals surface area contributed by atoms with E-state index in [2.05, 4.69) is 26.1 Å². The Hall–Kier alpha value is -0.620. The standard InChI is InChI=1S/C27H47NO4S/c1-19(8-13-25(29)28-17-6-18-33(30,31)32)22-11-12-23-21-10-9-20-7-4-5-15-26(20,2)24(21)14-16-27(22,23)3/h19-24H,4-18H2,1-3H3,(H,28,29)(H,30,31,32)/t19-,20?,21?,22-,23?,24?,26+,27-/m1/s1. The summed E-state index contributed by atoms with van der Waals surface area (Å²) < 4.78 is 30.4. The summed E-state index contributed by atoms with van der Waals surface area (Å²) in [6, 6.07) is 0. The molecule has 1 amide bonds. The third-order valence-electron chi connectivity index (χ3n) is 11.1. The Bertz CT molecular complexity index is 813. The van der Waals surface area contributed by atoms with E-state index in [-0.39, 0.29) is 18.1 Å². The highest BCUT2D eigenvalue weighted by molar-refractivity contribution is 7.85. The van der Waals surface area contributed by atoms with Gasteiger partial charge in [0.1, 0.15) is 0 Å². The first kappa shape index (κ1) is 25.5. The van der Waals surface area contributed by atoms with Crippen LogP contribution in [0.4, 0.5) is 0 Å². The maximum absolute atomic E-state index is 12.3. The normalized spacial score (nSPS) is 41.5. The van der Waals surface area contributed by atoms with Gasteiger partial charge in [-0.2, -0.15) is 8.42 Å². The van der Waals surface area contributed by atoms with Crippen LogP contribution in [-0.2, 0) is 14.9 Å². The van der Waals surface area contributed by atoms with Gasteiger partial charge in [0.25, 0.3) is 10.1 Å². The van der Waals surface area contributed by atoms with Gasteiger partial charge in [-0.3, -0.25) is 9.35 Å². The van der Waals surface area contributed by atoms with Crippen molar-refractivity contribution in [2.45, 2.75) is 104 Å². The fourth-order valence-corrected chi connectivity index (χ4v) is 9.91. The number of rotatable bonds is 8. The van der Waals surface area contributed by atoms with Crippen molar-refractivity contribution in [1.29, 1.82) is 0 Å². The van der Waals surface area contributed by atoms with Gasteiger partial charge < -0.3 is 5.32 Å². The first-order valence-electron chi connectivity index (χ1n) is 13.8. The number of carbonyl (C=O) groups excluding carboxylic acids is 1.